The van der Waals surface area contributed by atoms with Crippen LogP contribution in [-0.2, 0) is 11.8 Å². The van der Waals surface area contributed by atoms with Crippen LogP contribution >= 0.6 is 0 Å². The Morgan fingerprint density at radius 1 is 0.732 bits per heavy atom. The number of allylic oxidation sites excluding steroid dienone is 12. The molecule has 0 saturated carbocycles. The SMILES string of the molecule is CC1(C)c2cc(/C=C/c3ccc(N4C5=C(C=CCC5)CCC5C=CC=CC54)c4ccccc34)ccc2C2C=CC(N3C4=C(CCC=C4)Cc4ccccc43)=CC21. The van der Waals surface area contributed by atoms with Gasteiger partial charge in [-0.05, 0) is 125 Å². The highest BCUT2D eigenvalue weighted by atomic mass is 15.2. The molecule has 56 heavy (non-hydrogen) atoms. The van der Waals surface area contributed by atoms with Crippen LogP contribution in [0.5, 0.6) is 0 Å². The average molecular weight is 727 g/mol. The molecular weight excluding hydrogens is 677 g/mol. The zero-order valence-electron chi connectivity index (χ0n) is 32.7. The zero-order valence-corrected chi connectivity index (χ0v) is 32.7. The Morgan fingerprint density at radius 2 is 1.57 bits per heavy atom. The molecule has 2 heteroatoms. The van der Waals surface area contributed by atoms with Crippen LogP contribution < -0.4 is 9.80 Å². The van der Waals surface area contributed by atoms with Crippen molar-refractivity contribution in [1.82, 2.24) is 0 Å². The van der Waals surface area contributed by atoms with Crippen LogP contribution in [0.2, 0.25) is 0 Å². The molecule has 2 aliphatic heterocycles. The first kappa shape index (κ1) is 33.7. The minimum atomic E-state index is -0.00125. The third kappa shape index (κ3) is 5.36. The van der Waals surface area contributed by atoms with Crippen molar-refractivity contribution in [1.29, 1.82) is 0 Å². The number of hydrogen-bond acceptors (Lipinski definition) is 2. The molecule has 0 bridgehead atoms. The van der Waals surface area contributed by atoms with E-state index in [4.69, 9.17) is 0 Å². The summed E-state index contributed by atoms with van der Waals surface area (Å²) in [4.78, 5) is 5.25. The van der Waals surface area contributed by atoms with Crippen molar-refractivity contribution in [3.8, 4) is 0 Å². The van der Waals surface area contributed by atoms with Gasteiger partial charge in [0.15, 0.2) is 0 Å². The maximum Gasteiger partial charge on any atom is 0.0585 e. The minimum absolute atomic E-state index is 0.00125. The Labute approximate surface area is 332 Å². The Bertz CT molecular complexity index is 2580. The van der Waals surface area contributed by atoms with Crippen molar-refractivity contribution < 1.29 is 0 Å². The highest BCUT2D eigenvalue weighted by Crippen LogP contribution is 2.55. The number of anilines is 2. The highest BCUT2D eigenvalue weighted by molar-refractivity contribution is 6.01. The van der Waals surface area contributed by atoms with Gasteiger partial charge in [0.1, 0.15) is 0 Å². The van der Waals surface area contributed by atoms with Crippen molar-refractivity contribution in [3.63, 3.8) is 0 Å². The van der Waals surface area contributed by atoms with Gasteiger partial charge >= 0.3 is 0 Å². The second-order valence-corrected chi connectivity index (χ2v) is 17.4. The molecule has 0 N–H and O–H groups in total. The summed E-state index contributed by atoms with van der Waals surface area (Å²) in [5.74, 6) is 1.29. The molecular formula is C54H50N2. The molecule has 4 aromatic carbocycles. The van der Waals surface area contributed by atoms with Crippen molar-refractivity contribution in [2.75, 3.05) is 9.80 Å². The van der Waals surface area contributed by atoms with Crippen LogP contribution in [0.15, 0.2) is 174 Å². The second-order valence-electron chi connectivity index (χ2n) is 17.4. The molecule has 4 unspecified atom stereocenters. The number of fused-ring (bicyclic) bond motifs is 6. The monoisotopic (exact) mass is 726 g/mol. The minimum Gasteiger partial charge on any atom is -0.337 e. The first-order valence-corrected chi connectivity index (χ1v) is 21.1. The molecule has 0 radical (unpaired) electrons. The van der Waals surface area contributed by atoms with E-state index in [9.17, 15) is 0 Å². The van der Waals surface area contributed by atoms with Gasteiger partial charge < -0.3 is 9.80 Å². The zero-order chi connectivity index (χ0) is 37.4. The van der Waals surface area contributed by atoms with E-state index >= 15 is 0 Å². The number of nitrogens with zero attached hydrogens (tertiary/aromatic N) is 2. The van der Waals surface area contributed by atoms with Crippen LogP contribution in [-0.4, -0.2) is 6.04 Å². The molecule has 2 heterocycles. The second kappa shape index (κ2) is 13.3. The quantitative estimate of drug-likeness (QED) is 0.193. The topological polar surface area (TPSA) is 6.48 Å². The summed E-state index contributed by atoms with van der Waals surface area (Å²) in [6.45, 7) is 4.93. The van der Waals surface area contributed by atoms with Crippen LogP contribution in [0.25, 0.3) is 22.9 Å². The fourth-order valence-corrected chi connectivity index (χ4v) is 11.1. The van der Waals surface area contributed by atoms with Gasteiger partial charge in [-0.15, -0.1) is 0 Å². The van der Waals surface area contributed by atoms with Gasteiger partial charge in [-0.3, -0.25) is 0 Å². The van der Waals surface area contributed by atoms with E-state index in [0.29, 0.717) is 23.8 Å². The largest absolute Gasteiger partial charge is 0.337 e. The summed E-state index contributed by atoms with van der Waals surface area (Å²) in [6.07, 6.45) is 39.0. The van der Waals surface area contributed by atoms with E-state index in [1.165, 1.54) is 79.0 Å². The smallest absolute Gasteiger partial charge is 0.0585 e. The van der Waals surface area contributed by atoms with Crippen LogP contribution in [0, 0.1) is 11.8 Å². The summed E-state index contributed by atoms with van der Waals surface area (Å²) in [5.41, 5.74) is 16.9. The Morgan fingerprint density at radius 3 is 2.52 bits per heavy atom. The lowest BCUT2D eigenvalue weighted by Crippen LogP contribution is -2.38. The summed E-state index contributed by atoms with van der Waals surface area (Å²) in [5, 5.41) is 2.64. The standard InChI is InChI=1S/C54H50N2/c1-54(2)47-33-36(24-30-44(47)45-31-29-42(35-48(45)54)55-51-21-11-5-15-40(51)34-41-16-6-12-22-52(41)55)23-25-37-28-32-53(46-18-8-7-17-43(37)46)56-49-19-9-3-13-38(49)26-27-39-14-4-10-20-50(39)56/h3-5,7-9,11-15,17-19,21-25,28-33,35,38,45,48-49H,6,10,16,20,26-27,34H2,1-2H3/b25-23+. The molecule has 2 nitrogen and oxygen atoms in total. The number of benzene rings is 4. The molecule has 0 fully saturated rings. The van der Waals surface area contributed by atoms with E-state index in [2.05, 4.69) is 181 Å². The van der Waals surface area contributed by atoms with Crippen LogP contribution in [0.4, 0.5) is 11.4 Å². The van der Waals surface area contributed by atoms with Crippen molar-refractivity contribution in [2.45, 2.75) is 76.2 Å². The summed E-state index contributed by atoms with van der Waals surface area (Å²) < 4.78 is 0. The first-order valence-electron chi connectivity index (χ1n) is 21.1. The molecule has 4 atom stereocenters. The molecule has 7 aliphatic rings. The average Bonchev–Trinajstić information content (AvgIpc) is 3.34. The summed E-state index contributed by atoms with van der Waals surface area (Å²) in [6, 6.07) is 30.4. The summed E-state index contributed by atoms with van der Waals surface area (Å²) in [7, 11) is 0. The van der Waals surface area contributed by atoms with E-state index < -0.39 is 0 Å². The lowest BCUT2D eigenvalue weighted by atomic mass is 9.73. The van der Waals surface area contributed by atoms with Gasteiger partial charge in [0.25, 0.3) is 0 Å². The molecule has 276 valence electrons. The molecule has 0 amide bonds. The third-order valence-corrected chi connectivity index (χ3v) is 14.0. The predicted molar refractivity (Wildman–Crippen MR) is 236 cm³/mol. The number of hydrogen-bond donors (Lipinski definition) is 0. The van der Waals surface area contributed by atoms with E-state index in [-0.39, 0.29) is 5.41 Å². The fourth-order valence-electron chi connectivity index (χ4n) is 11.1. The van der Waals surface area contributed by atoms with E-state index in [1.54, 1.807) is 5.57 Å². The van der Waals surface area contributed by atoms with Gasteiger partial charge in [0.05, 0.1) is 6.04 Å². The lowest BCUT2D eigenvalue weighted by Gasteiger charge is -2.39. The molecule has 0 spiro atoms. The maximum absolute atomic E-state index is 2.70. The first-order chi connectivity index (χ1) is 27.5. The van der Waals surface area contributed by atoms with Gasteiger partial charge in [0, 0.05) is 45.7 Å². The highest BCUT2D eigenvalue weighted by Gasteiger charge is 2.46. The predicted octanol–water partition coefficient (Wildman–Crippen LogP) is 13.4. The Balaban J connectivity index is 0.923. The van der Waals surface area contributed by atoms with Gasteiger partial charge in [0.2, 0.25) is 0 Å². The molecule has 5 aliphatic carbocycles. The van der Waals surface area contributed by atoms with Crippen molar-refractivity contribution >= 4 is 34.3 Å². The molecule has 11 rings (SSSR count). The van der Waals surface area contributed by atoms with Crippen LogP contribution in [0.1, 0.15) is 86.1 Å². The number of para-hydroxylation sites is 1. The van der Waals surface area contributed by atoms with Gasteiger partial charge in [-0.2, -0.15) is 0 Å². The number of rotatable bonds is 4. The lowest BCUT2D eigenvalue weighted by molar-refractivity contribution is 0.392. The van der Waals surface area contributed by atoms with E-state index in [0.717, 1.165) is 38.5 Å². The third-order valence-electron chi connectivity index (χ3n) is 14.0. The van der Waals surface area contributed by atoms with Crippen molar-refractivity contribution in [2.24, 2.45) is 11.8 Å². The normalized spacial score (nSPS) is 25.5. The van der Waals surface area contributed by atoms with Crippen LogP contribution in [0.3, 0.4) is 0 Å². The van der Waals surface area contributed by atoms with E-state index in [1.807, 2.05) is 0 Å². The Kier molecular flexibility index (Phi) is 7.99. The summed E-state index contributed by atoms with van der Waals surface area (Å²) >= 11 is 0. The molecule has 0 saturated heterocycles. The molecule has 0 aromatic heterocycles. The van der Waals surface area contributed by atoms with Gasteiger partial charge in [-0.25, -0.2) is 0 Å². The molecule has 4 aromatic rings. The fraction of sp³-hybridized carbons (Fsp3) is 0.259. The maximum atomic E-state index is 2.70. The Hall–Kier alpha value is -5.60. The van der Waals surface area contributed by atoms with Gasteiger partial charge in [-0.1, -0.05) is 147 Å². The van der Waals surface area contributed by atoms with Crippen molar-refractivity contribution in [3.05, 3.63) is 202 Å².